The van der Waals surface area contributed by atoms with Crippen LogP contribution in [0.4, 0.5) is 18.3 Å². The van der Waals surface area contributed by atoms with E-state index in [4.69, 9.17) is 0 Å². The first-order valence-electron chi connectivity index (χ1n) is 9.31. The van der Waals surface area contributed by atoms with E-state index >= 15 is 0 Å². The van der Waals surface area contributed by atoms with Crippen LogP contribution in [0, 0.1) is 29.6 Å². The standard InChI is InChI=1S/C19H19F3N2O2S/c20-19(21,22)26-13-1-2-14-15(8-13)27-18(23-14)24-17(25)16-11-4-9-3-10(6-11)7-12(16)5-9/h1-2,8-12,16H,3-7H2,(H,23,24,25). The van der Waals surface area contributed by atoms with Gasteiger partial charge in [0.1, 0.15) is 5.75 Å². The van der Waals surface area contributed by atoms with Crippen LogP contribution in [0.1, 0.15) is 32.1 Å². The second-order valence-corrected chi connectivity index (χ2v) is 9.17. The summed E-state index contributed by atoms with van der Waals surface area (Å²) >= 11 is 1.18. The molecule has 1 amide bonds. The van der Waals surface area contributed by atoms with Crippen molar-refractivity contribution in [2.75, 3.05) is 5.32 Å². The number of amides is 1. The average Bonchev–Trinajstić information content (AvgIpc) is 2.93. The van der Waals surface area contributed by atoms with Gasteiger partial charge in [0.2, 0.25) is 5.91 Å². The van der Waals surface area contributed by atoms with Gasteiger partial charge in [-0.3, -0.25) is 4.79 Å². The summed E-state index contributed by atoms with van der Waals surface area (Å²) in [5.41, 5.74) is 0.551. The van der Waals surface area contributed by atoms with E-state index in [1.54, 1.807) is 0 Å². The van der Waals surface area contributed by atoms with Crippen LogP contribution in [-0.4, -0.2) is 17.3 Å². The second kappa shape index (κ2) is 6.09. The minimum absolute atomic E-state index is 0.0228. The van der Waals surface area contributed by atoms with Gasteiger partial charge in [-0.15, -0.1) is 13.2 Å². The summed E-state index contributed by atoms with van der Waals surface area (Å²) in [6.07, 6.45) is 1.23. The zero-order valence-electron chi connectivity index (χ0n) is 14.5. The molecule has 1 aromatic carbocycles. The first-order valence-corrected chi connectivity index (χ1v) is 10.1. The molecule has 4 nitrogen and oxygen atoms in total. The lowest BCUT2D eigenvalue weighted by molar-refractivity contribution is -0.274. The van der Waals surface area contributed by atoms with Crippen molar-refractivity contribution in [3.05, 3.63) is 18.2 Å². The molecular weight excluding hydrogens is 377 g/mol. The Morgan fingerprint density at radius 3 is 2.41 bits per heavy atom. The van der Waals surface area contributed by atoms with E-state index in [2.05, 4.69) is 15.0 Å². The number of nitrogens with one attached hydrogen (secondary N) is 1. The van der Waals surface area contributed by atoms with Crippen LogP contribution >= 0.6 is 11.3 Å². The molecule has 27 heavy (non-hydrogen) atoms. The Kier molecular flexibility index (Phi) is 3.90. The van der Waals surface area contributed by atoms with Gasteiger partial charge < -0.3 is 10.1 Å². The number of fused-ring (bicyclic) bond motifs is 1. The number of benzene rings is 1. The molecule has 4 aliphatic rings. The molecule has 0 radical (unpaired) electrons. The number of carbonyl (C=O) groups is 1. The molecule has 144 valence electrons. The highest BCUT2D eigenvalue weighted by Gasteiger charge is 2.50. The number of hydrogen-bond acceptors (Lipinski definition) is 4. The average molecular weight is 396 g/mol. The van der Waals surface area contributed by atoms with Crippen LogP contribution in [0.25, 0.3) is 10.2 Å². The Bertz CT molecular complexity index is 867. The van der Waals surface area contributed by atoms with E-state index in [9.17, 15) is 18.0 Å². The van der Waals surface area contributed by atoms with E-state index in [0.29, 0.717) is 27.2 Å². The van der Waals surface area contributed by atoms with Crippen molar-refractivity contribution >= 4 is 32.6 Å². The van der Waals surface area contributed by atoms with Crippen LogP contribution in [0.5, 0.6) is 5.75 Å². The zero-order chi connectivity index (χ0) is 18.8. The highest BCUT2D eigenvalue weighted by molar-refractivity contribution is 7.22. The van der Waals surface area contributed by atoms with Crippen molar-refractivity contribution < 1.29 is 22.7 Å². The van der Waals surface area contributed by atoms with E-state index in [-0.39, 0.29) is 17.6 Å². The Labute approximate surface area is 158 Å². The van der Waals surface area contributed by atoms with Gasteiger partial charge >= 0.3 is 6.36 Å². The number of nitrogens with zero attached hydrogens (tertiary/aromatic N) is 1. The van der Waals surface area contributed by atoms with Gasteiger partial charge in [0.05, 0.1) is 10.2 Å². The molecular formula is C19H19F3N2O2S. The van der Waals surface area contributed by atoms with Gasteiger partial charge in [-0.05, 0) is 67.9 Å². The summed E-state index contributed by atoms with van der Waals surface area (Å²) in [7, 11) is 0. The Balaban J connectivity index is 1.33. The maximum Gasteiger partial charge on any atom is 0.573 e. The third-order valence-corrected chi connectivity index (χ3v) is 7.29. The lowest BCUT2D eigenvalue weighted by Crippen LogP contribution is -2.49. The number of rotatable bonds is 3. The Morgan fingerprint density at radius 1 is 1.11 bits per heavy atom. The molecule has 0 unspecified atom stereocenters. The molecule has 0 aliphatic heterocycles. The summed E-state index contributed by atoms with van der Waals surface area (Å²) < 4.78 is 41.6. The molecule has 1 aromatic heterocycles. The fourth-order valence-electron chi connectivity index (χ4n) is 5.70. The molecule has 0 spiro atoms. The lowest BCUT2D eigenvalue weighted by atomic mass is 9.51. The summed E-state index contributed by atoms with van der Waals surface area (Å²) in [6.45, 7) is 0. The first-order chi connectivity index (χ1) is 12.8. The first kappa shape index (κ1) is 17.3. The highest BCUT2D eigenvalue weighted by atomic mass is 32.1. The Hall–Kier alpha value is -1.83. The van der Waals surface area contributed by atoms with Crippen molar-refractivity contribution in [2.24, 2.45) is 29.6 Å². The fraction of sp³-hybridized carbons (Fsp3) is 0.579. The lowest BCUT2D eigenvalue weighted by Gasteiger charge is -2.53. The number of hydrogen-bond donors (Lipinski definition) is 1. The van der Waals surface area contributed by atoms with E-state index < -0.39 is 6.36 Å². The zero-order valence-corrected chi connectivity index (χ0v) is 15.3. The molecule has 4 fully saturated rings. The van der Waals surface area contributed by atoms with Crippen LogP contribution in [0.2, 0.25) is 0 Å². The summed E-state index contributed by atoms with van der Waals surface area (Å²) in [6, 6.07) is 4.02. The molecule has 0 saturated heterocycles. The minimum atomic E-state index is -4.73. The maximum atomic E-state index is 12.9. The number of ether oxygens (including phenoxy) is 1. The van der Waals surface area contributed by atoms with Crippen molar-refractivity contribution in [1.29, 1.82) is 0 Å². The number of halogens is 3. The van der Waals surface area contributed by atoms with Gasteiger partial charge in [0, 0.05) is 12.0 Å². The predicted octanol–water partition coefficient (Wildman–Crippen LogP) is 5.21. The van der Waals surface area contributed by atoms with Gasteiger partial charge in [-0.2, -0.15) is 0 Å². The highest BCUT2D eigenvalue weighted by Crippen LogP contribution is 2.56. The van der Waals surface area contributed by atoms with Gasteiger partial charge in [0.25, 0.3) is 0 Å². The molecule has 4 saturated carbocycles. The molecule has 2 aromatic rings. The molecule has 4 aliphatic carbocycles. The number of aromatic nitrogens is 1. The third kappa shape index (κ3) is 3.28. The number of anilines is 1. The van der Waals surface area contributed by atoms with Crippen molar-refractivity contribution in [2.45, 2.75) is 38.5 Å². The smallest absolute Gasteiger partial charge is 0.406 e. The summed E-state index contributed by atoms with van der Waals surface area (Å²) in [5, 5.41) is 3.37. The van der Waals surface area contributed by atoms with Crippen LogP contribution < -0.4 is 10.1 Å². The van der Waals surface area contributed by atoms with E-state index in [1.165, 1.54) is 36.0 Å². The van der Waals surface area contributed by atoms with Crippen molar-refractivity contribution in [3.8, 4) is 5.75 Å². The predicted molar refractivity (Wildman–Crippen MR) is 95.5 cm³/mol. The molecule has 6 rings (SSSR count). The molecule has 1 heterocycles. The summed E-state index contributed by atoms with van der Waals surface area (Å²) in [4.78, 5) is 17.3. The Morgan fingerprint density at radius 2 is 1.78 bits per heavy atom. The number of alkyl halides is 3. The van der Waals surface area contributed by atoms with Gasteiger partial charge in [0.15, 0.2) is 5.13 Å². The summed E-state index contributed by atoms with van der Waals surface area (Å²) in [5.74, 6) is 2.34. The van der Waals surface area contributed by atoms with E-state index in [1.807, 2.05) is 0 Å². The maximum absolute atomic E-state index is 12.9. The van der Waals surface area contributed by atoms with Gasteiger partial charge in [-0.25, -0.2) is 4.98 Å². The quantitative estimate of drug-likeness (QED) is 0.775. The van der Waals surface area contributed by atoms with E-state index in [0.717, 1.165) is 37.5 Å². The number of thiazole rings is 1. The van der Waals surface area contributed by atoms with Crippen LogP contribution in [-0.2, 0) is 4.79 Å². The van der Waals surface area contributed by atoms with Crippen LogP contribution in [0.3, 0.4) is 0 Å². The number of carbonyl (C=O) groups excluding carboxylic acids is 1. The normalized spacial score (nSPS) is 32.0. The monoisotopic (exact) mass is 396 g/mol. The van der Waals surface area contributed by atoms with Crippen molar-refractivity contribution in [1.82, 2.24) is 4.98 Å². The molecule has 0 atom stereocenters. The minimum Gasteiger partial charge on any atom is -0.406 e. The second-order valence-electron chi connectivity index (χ2n) is 8.14. The van der Waals surface area contributed by atoms with Crippen LogP contribution in [0.15, 0.2) is 18.2 Å². The largest absolute Gasteiger partial charge is 0.573 e. The van der Waals surface area contributed by atoms with Crippen molar-refractivity contribution in [3.63, 3.8) is 0 Å². The topological polar surface area (TPSA) is 51.2 Å². The SMILES string of the molecule is O=C(Nc1nc2ccc(OC(F)(F)F)cc2s1)C1C2CC3CC(C2)CC1C3. The van der Waals surface area contributed by atoms with Gasteiger partial charge in [-0.1, -0.05) is 11.3 Å². The fourth-order valence-corrected chi connectivity index (χ4v) is 6.59. The molecule has 4 bridgehead atoms. The molecule has 1 N–H and O–H groups in total. The third-order valence-electron chi connectivity index (χ3n) is 6.35. The molecule has 8 heteroatoms.